The number of fused-ring (bicyclic) bond motifs is 1. The summed E-state index contributed by atoms with van der Waals surface area (Å²) in [5, 5.41) is 11.5. The Morgan fingerprint density at radius 2 is 1.32 bits per heavy atom. The number of pyridine rings is 2. The average Bonchev–Trinajstić information content (AvgIpc) is 2.84. The quantitative estimate of drug-likeness (QED) is 0.382. The van der Waals surface area contributed by atoms with Gasteiger partial charge in [0, 0.05) is 11.8 Å². The molecule has 4 heteroatoms. The largest absolute Gasteiger partial charge is 0.478 e. The van der Waals surface area contributed by atoms with Gasteiger partial charge in [-0.05, 0) is 64.4 Å². The molecule has 4 nitrogen and oxygen atoms in total. The highest BCUT2D eigenvalue weighted by atomic mass is 16.4. The minimum absolute atomic E-state index is 0.262. The molecule has 2 aromatic heterocycles. The first-order valence-electron chi connectivity index (χ1n) is 9.94. The van der Waals surface area contributed by atoms with Crippen LogP contribution in [0.25, 0.3) is 44.5 Å². The third kappa shape index (κ3) is 3.79. The van der Waals surface area contributed by atoms with E-state index < -0.39 is 5.97 Å². The molecule has 0 saturated heterocycles. The van der Waals surface area contributed by atoms with Crippen LogP contribution in [0.1, 0.15) is 10.4 Å². The lowest BCUT2D eigenvalue weighted by Crippen LogP contribution is -1.96. The highest BCUT2D eigenvalue weighted by molar-refractivity contribution is 5.89. The molecular weight excluding hydrogens is 384 g/mol. The molecule has 0 aliphatic rings. The molecule has 0 aliphatic carbocycles. The lowest BCUT2D eigenvalue weighted by Gasteiger charge is -2.11. The minimum atomic E-state index is -0.938. The number of carboxylic acid groups (broad SMARTS) is 1. The summed E-state index contributed by atoms with van der Waals surface area (Å²) in [5.41, 5.74) is 5.54. The van der Waals surface area contributed by atoms with Gasteiger partial charge in [-0.2, -0.15) is 0 Å². The van der Waals surface area contributed by atoms with Crippen LogP contribution in [0, 0.1) is 0 Å². The van der Waals surface area contributed by atoms with Crippen molar-refractivity contribution in [3.63, 3.8) is 0 Å². The van der Waals surface area contributed by atoms with Gasteiger partial charge in [-0.3, -0.25) is 4.98 Å². The zero-order valence-corrected chi connectivity index (χ0v) is 16.6. The molecule has 2 heterocycles. The van der Waals surface area contributed by atoms with Crippen LogP contribution in [0.2, 0.25) is 0 Å². The number of rotatable bonds is 4. The number of carbonyl (C=O) groups is 1. The van der Waals surface area contributed by atoms with E-state index in [0.29, 0.717) is 0 Å². The smallest absolute Gasteiger partial charge is 0.335 e. The second kappa shape index (κ2) is 7.84. The van der Waals surface area contributed by atoms with Crippen LogP contribution in [-0.2, 0) is 0 Å². The van der Waals surface area contributed by atoms with Gasteiger partial charge in [0.1, 0.15) is 0 Å². The van der Waals surface area contributed by atoms with Crippen molar-refractivity contribution in [2.45, 2.75) is 0 Å². The van der Waals surface area contributed by atoms with Gasteiger partial charge in [-0.1, -0.05) is 54.6 Å². The Labute approximate surface area is 179 Å². The second-order valence-corrected chi connectivity index (χ2v) is 7.29. The lowest BCUT2D eigenvalue weighted by atomic mass is 9.99. The fourth-order valence-electron chi connectivity index (χ4n) is 3.64. The van der Waals surface area contributed by atoms with E-state index in [1.54, 1.807) is 18.3 Å². The predicted octanol–water partition coefficient (Wildman–Crippen LogP) is 6.33. The first kappa shape index (κ1) is 18.7. The minimum Gasteiger partial charge on any atom is -0.478 e. The van der Waals surface area contributed by atoms with E-state index in [9.17, 15) is 9.90 Å². The molecule has 3 aromatic carbocycles. The number of aromatic carboxylic acids is 1. The summed E-state index contributed by atoms with van der Waals surface area (Å²) >= 11 is 0. The molecule has 0 fully saturated rings. The number of nitrogens with zero attached hydrogens (tertiary/aromatic N) is 2. The third-order valence-electron chi connectivity index (χ3n) is 5.26. The Kier molecular flexibility index (Phi) is 4.73. The first-order valence-corrected chi connectivity index (χ1v) is 9.94. The van der Waals surface area contributed by atoms with E-state index in [1.807, 2.05) is 54.6 Å². The number of benzene rings is 3. The predicted molar refractivity (Wildman–Crippen MR) is 123 cm³/mol. The van der Waals surface area contributed by atoms with E-state index in [4.69, 9.17) is 4.98 Å². The number of hydrogen-bond donors (Lipinski definition) is 1. The number of aromatic nitrogens is 2. The van der Waals surface area contributed by atoms with Gasteiger partial charge in [-0.25, -0.2) is 9.78 Å². The molecule has 5 aromatic rings. The van der Waals surface area contributed by atoms with E-state index in [-0.39, 0.29) is 5.56 Å². The maximum atomic E-state index is 11.2. The van der Waals surface area contributed by atoms with Crippen LogP contribution in [-0.4, -0.2) is 21.0 Å². The van der Waals surface area contributed by atoms with Crippen molar-refractivity contribution in [1.82, 2.24) is 9.97 Å². The Balaban J connectivity index is 1.68. The van der Waals surface area contributed by atoms with Crippen molar-refractivity contribution >= 4 is 16.7 Å². The Morgan fingerprint density at radius 1 is 0.613 bits per heavy atom. The van der Waals surface area contributed by atoms with Crippen molar-refractivity contribution in [2.75, 3.05) is 0 Å². The molecule has 5 rings (SSSR count). The summed E-state index contributed by atoms with van der Waals surface area (Å²) in [4.78, 5) is 20.6. The maximum absolute atomic E-state index is 11.2. The summed E-state index contributed by atoms with van der Waals surface area (Å²) in [6, 6.07) is 31.2. The van der Waals surface area contributed by atoms with Crippen LogP contribution in [0.15, 0.2) is 103 Å². The topological polar surface area (TPSA) is 63.1 Å². The molecule has 0 spiro atoms. The Hall–Kier alpha value is -4.31. The van der Waals surface area contributed by atoms with Crippen LogP contribution in [0.5, 0.6) is 0 Å². The molecule has 0 amide bonds. The van der Waals surface area contributed by atoms with E-state index in [2.05, 4.69) is 35.3 Å². The van der Waals surface area contributed by atoms with Gasteiger partial charge >= 0.3 is 5.97 Å². The van der Waals surface area contributed by atoms with E-state index in [0.717, 1.165) is 39.2 Å². The molecule has 0 atom stereocenters. The molecule has 148 valence electrons. The van der Waals surface area contributed by atoms with Crippen molar-refractivity contribution < 1.29 is 9.90 Å². The molecule has 0 aliphatic heterocycles. The van der Waals surface area contributed by atoms with Crippen molar-refractivity contribution in [2.24, 2.45) is 0 Å². The highest BCUT2D eigenvalue weighted by Gasteiger charge is 2.11. The summed E-state index contributed by atoms with van der Waals surface area (Å²) in [6.07, 6.45) is 1.75. The van der Waals surface area contributed by atoms with Crippen LogP contribution in [0.4, 0.5) is 0 Å². The monoisotopic (exact) mass is 402 g/mol. The number of carboxylic acids is 1. The van der Waals surface area contributed by atoms with Crippen molar-refractivity contribution in [3.8, 4) is 33.8 Å². The molecule has 0 bridgehead atoms. The Morgan fingerprint density at radius 3 is 2.06 bits per heavy atom. The molecule has 31 heavy (non-hydrogen) atoms. The fourth-order valence-corrected chi connectivity index (χ4v) is 3.64. The third-order valence-corrected chi connectivity index (χ3v) is 5.26. The second-order valence-electron chi connectivity index (χ2n) is 7.29. The maximum Gasteiger partial charge on any atom is 0.335 e. The molecular formula is C27H18N2O2. The summed E-state index contributed by atoms with van der Waals surface area (Å²) in [6.45, 7) is 0. The van der Waals surface area contributed by atoms with Crippen molar-refractivity contribution in [3.05, 3.63) is 109 Å². The summed E-state index contributed by atoms with van der Waals surface area (Å²) in [7, 11) is 0. The van der Waals surface area contributed by atoms with Crippen LogP contribution >= 0.6 is 0 Å². The molecule has 0 unspecified atom stereocenters. The van der Waals surface area contributed by atoms with Crippen molar-refractivity contribution in [1.29, 1.82) is 0 Å². The van der Waals surface area contributed by atoms with Gasteiger partial charge in [0.05, 0.1) is 22.6 Å². The normalized spacial score (nSPS) is 10.8. The number of hydrogen-bond acceptors (Lipinski definition) is 3. The first-order chi connectivity index (χ1) is 15.2. The van der Waals surface area contributed by atoms with Crippen LogP contribution < -0.4 is 0 Å². The van der Waals surface area contributed by atoms with Gasteiger partial charge in [0.2, 0.25) is 0 Å². The van der Waals surface area contributed by atoms with Gasteiger partial charge in [-0.15, -0.1) is 0 Å². The molecule has 0 saturated carbocycles. The standard InChI is InChI=1S/C27H18N2O2/c30-27(31)20-11-8-19(9-12-20)23-16-25(29-26(17-23)24-7-3-4-14-28-24)22-13-10-18-5-1-2-6-21(18)15-22/h1-17H,(H,30,31). The Bertz CT molecular complexity index is 1390. The molecule has 0 radical (unpaired) electrons. The average molecular weight is 402 g/mol. The van der Waals surface area contributed by atoms with E-state index >= 15 is 0 Å². The van der Waals surface area contributed by atoms with Gasteiger partial charge in [0.25, 0.3) is 0 Å². The summed E-state index contributed by atoms with van der Waals surface area (Å²) in [5.74, 6) is -0.938. The van der Waals surface area contributed by atoms with E-state index in [1.165, 1.54) is 5.39 Å². The highest BCUT2D eigenvalue weighted by Crippen LogP contribution is 2.31. The van der Waals surface area contributed by atoms with Gasteiger partial charge < -0.3 is 5.11 Å². The summed E-state index contributed by atoms with van der Waals surface area (Å²) < 4.78 is 0. The SMILES string of the molecule is O=C(O)c1ccc(-c2cc(-c3ccc4ccccc4c3)nc(-c3ccccn3)c2)cc1. The fraction of sp³-hybridized carbons (Fsp3) is 0. The van der Waals surface area contributed by atoms with Gasteiger partial charge in [0.15, 0.2) is 0 Å². The zero-order chi connectivity index (χ0) is 21.2. The lowest BCUT2D eigenvalue weighted by molar-refractivity contribution is 0.0697. The van der Waals surface area contributed by atoms with Crippen LogP contribution in [0.3, 0.4) is 0 Å². The molecule has 1 N–H and O–H groups in total. The zero-order valence-electron chi connectivity index (χ0n) is 16.6.